The van der Waals surface area contributed by atoms with Crippen molar-refractivity contribution in [2.45, 2.75) is 90.3 Å². The molecule has 0 N–H and O–H groups in total. The topological polar surface area (TPSA) is 88.1 Å². The highest BCUT2D eigenvalue weighted by Gasteiger charge is 2.45. The molecule has 0 fully saturated rings. The minimum absolute atomic E-state index is 0. The fourth-order valence-electron chi connectivity index (χ4n) is 3.36. The number of methoxy groups -OCH3 is 1. The quantitative estimate of drug-likeness (QED) is 0.175. The first-order chi connectivity index (χ1) is 14.9. The number of carbonyl (C=O) groups excluding carboxylic acids is 3. The molecule has 0 saturated carbocycles. The second kappa shape index (κ2) is 14.4. The zero-order valence-electron chi connectivity index (χ0n) is 20.5. The average molecular weight is 546 g/mol. The van der Waals surface area contributed by atoms with Crippen LogP contribution >= 0.6 is 34.8 Å². The second-order valence-electron chi connectivity index (χ2n) is 9.51. The van der Waals surface area contributed by atoms with Crippen LogP contribution in [0.1, 0.15) is 68.7 Å². The summed E-state index contributed by atoms with van der Waals surface area (Å²) < 4.78 is 19.3. The molecule has 0 aliphatic carbocycles. The number of hydrogen-bond donors (Lipinski definition) is 0. The van der Waals surface area contributed by atoms with Crippen molar-refractivity contribution in [2.24, 2.45) is 17.3 Å². The highest BCUT2D eigenvalue weighted by molar-refractivity contribution is 6.67. The Labute approximate surface area is 219 Å². The fourth-order valence-corrected chi connectivity index (χ4v) is 3.52. The van der Waals surface area contributed by atoms with Crippen molar-refractivity contribution >= 4 is 52.7 Å². The highest BCUT2D eigenvalue weighted by Crippen LogP contribution is 2.34. The van der Waals surface area contributed by atoms with Crippen molar-refractivity contribution in [3.05, 3.63) is 0 Å². The summed E-state index contributed by atoms with van der Waals surface area (Å²) >= 11 is 16.8. The second-order valence-corrected chi connectivity index (χ2v) is 12.0. The van der Waals surface area contributed by atoms with Gasteiger partial charge in [0.1, 0.15) is 24.1 Å². The summed E-state index contributed by atoms with van der Waals surface area (Å²) in [7, 11) is 1.41. The Balaban J connectivity index is 0. The van der Waals surface area contributed by atoms with Gasteiger partial charge >= 0.3 is 12.1 Å². The Morgan fingerprint density at radius 3 is 1.97 bits per heavy atom. The molecule has 0 radical (unpaired) electrons. The van der Waals surface area contributed by atoms with E-state index >= 15 is 0 Å². The Morgan fingerprint density at radius 2 is 1.56 bits per heavy atom. The molecule has 198 valence electrons. The van der Waals surface area contributed by atoms with Gasteiger partial charge in [0.25, 0.3) is 0 Å². The van der Waals surface area contributed by atoms with Crippen molar-refractivity contribution in [2.75, 3.05) is 13.7 Å². The largest absolute Gasteiger partial charge is 0.508 e. The third-order valence-electron chi connectivity index (χ3n) is 4.99. The number of carbonyl (C=O) groups is 3. The number of terminal acetylenes is 1. The van der Waals surface area contributed by atoms with Crippen LogP contribution in [0.25, 0.3) is 0 Å². The van der Waals surface area contributed by atoms with Crippen LogP contribution in [0.15, 0.2) is 0 Å². The van der Waals surface area contributed by atoms with Crippen LogP contribution in [0.5, 0.6) is 0 Å². The van der Waals surface area contributed by atoms with Gasteiger partial charge < -0.3 is 18.9 Å². The fraction of sp³-hybridized carbons (Fsp3) is 0.792. The number of halogens is 3. The maximum atomic E-state index is 13.5. The third-order valence-corrected chi connectivity index (χ3v) is 5.32. The lowest BCUT2D eigenvalue weighted by Gasteiger charge is -2.37. The standard InChI is InChI=1S/C23H35Cl3O7.CH4/c1-10-11-14(2)18(32-20(29)31-13-23(24,25)26)15(3)19(28)22(7,8)16(30-9)12-17(27)33-21(4,5)6;/h1,14-16,18H,11-13H2,2-9H3;1H4/t14-,15+,16-,18-;/m0./s1. The number of esters is 1. The number of ether oxygens (including phenoxy) is 4. The molecule has 4 atom stereocenters. The minimum Gasteiger partial charge on any atom is -0.460 e. The SMILES string of the molecule is C.C#CC[C@H](C)[C@H](OC(=O)OCC(Cl)(Cl)Cl)[C@@H](C)C(=O)C(C)(C)[C@H](CC(=O)OC(C)(C)C)OC. The van der Waals surface area contributed by atoms with E-state index in [4.69, 9.17) is 60.2 Å². The monoisotopic (exact) mass is 544 g/mol. The van der Waals surface area contributed by atoms with Gasteiger partial charge in [-0.2, -0.15) is 0 Å². The molecule has 34 heavy (non-hydrogen) atoms. The molecule has 0 aliphatic heterocycles. The molecule has 0 spiro atoms. The normalized spacial score (nSPS) is 15.6. The number of hydrogen-bond acceptors (Lipinski definition) is 7. The number of Topliss-reactive ketones (excluding diaryl/α,β-unsaturated/α-hetero) is 1. The molecule has 0 aromatic carbocycles. The maximum absolute atomic E-state index is 13.5. The van der Waals surface area contributed by atoms with Crippen molar-refractivity contribution in [3.8, 4) is 12.3 Å². The molecule has 0 saturated heterocycles. The lowest BCUT2D eigenvalue weighted by atomic mass is 9.73. The Kier molecular flexibility index (Phi) is 14.8. The highest BCUT2D eigenvalue weighted by atomic mass is 35.6. The van der Waals surface area contributed by atoms with Gasteiger partial charge in [0.2, 0.25) is 3.79 Å². The molecule has 0 amide bonds. The van der Waals surface area contributed by atoms with Gasteiger partial charge in [-0.15, -0.1) is 12.3 Å². The minimum atomic E-state index is -1.81. The van der Waals surface area contributed by atoms with E-state index in [2.05, 4.69) is 5.92 Å². The van der Waals surface area contributed by atoms with Crippen LogP contribution in [0.3, 0.4) is 0 Å². The van der Waals surface area contributed by atoms with Gasteiger partial charge in [-0.3, -0.25) is 9.59 Å². The van der Waals surface area contributed by atoms with Gasteiger partial charge in [-0.25, -0.2) is 4.79 Å². The van der Waals surface area contributed by atoms with Crippen molar-refractivity contribution in [1.29, 1.82) is 0 Å². The van der Waals surface area contributed by atoms with Crippen LogP contribution in [-0.4, -0.2) is 53.2 Å². The Bertz CT molecular complexity index is 718. The first-order valence-corrected chi connectivity index (χ1v) is 11.6. The van der Waals surface area contributed by atoms with Crippen LogP contribution in [0.4, 0.5) is 4.79 Å². The average Bonchev–Trinajstić information content (AvgIpc) is 2.65. The summed E-state index contributed by atoms with van der Waals surface area (Å²) in [5.41, 5.74) is -1.79. The number of rotatable bonds is 11. The maximum Gasteiger partial charge on any atom is 0.508 e. The zero-order valence-corrected chi connectivity index (χ0v) is 22.8. The van der Waals surface area contributed by atoms with E-state index in [1.807, 2.05) is 0 Å². The van der Waals surface area contributed by atoms with Gasteiger partial charge in [-0.1, -0.05) is 69.9 Å². The van der Waals surface area contributed by atoms with Crippen molar-refractivity contribution < 1.29 is 33.3 Å². The Hall–Kier alpha value is -1.20. The molecule has 10 heteroatoms. The van der Waals surface area contributed by atoms with Crippen molar-refractivity contribution in [1.82, 2.24) is 0 Å². The molecular formula is C24H39Cl3O7. The first kappa shape index (κ1) is 35.0. The van der Waals surface area contributed by atoms with Gasteiger partial charge in [-0.05, 0) is 20.8 Å². The van der Waals surface area contributed by atoms with Gasteiger partial charge in [0.05, 0.1) is 23.9 Å². The molecule has 7 nitrogen and oxygen atoms in total. The Morgan fingerprint density at radius 1 is 1.03 bits per heavy atom. The molecule has 0 aromatic heterocycles. The van der Waals surface area contributed by atoms with E-state index in [9.17, 15) is 14.4 Å². The summed E-state index contributed by atoms with van der Waals surface area (Å²) in [5, 5.41) is 0. The van der Waals surface area contributed by atoms with Crippen LogP contribution in [-0.2, 0) is 28.5 Å². The van der Waals surface area contributed by atoms with E-state index < -0.39 is 51.7 Å². The first-order valence-electron chi connectivity index (χ1n) is 10.5. The van der Waals surface area contributed by atoms with E-state index in [-0.39, 0.29) is 32.0 Å². The predicted octanol–water partition coefficient (Wildman–Crippen LogP) is 6.15. The zero-order chi connectivity index (χ0) is 26.2. The lowest BCUT2D eigenvalue weighted by Crippen LogP contribution is -2.47. The van der Waals surface area contributed by atoms with Gasteiger partial charge in [0.15, 0.2) is 0 Å². The van der Waals surface area contributed by atoms with E-state index in [1.54, 1.807) is 48.5 Å². The number of ketones is 1. The summed E-state index contributed by atoms with van der Waals surface area (Å²) in [6.07, 6.45) is 2.74. The molecule has 0 unspecified atom stereocenters. The van der Waals surface area contributed by atoms with E-state index in [0.717, 1.165) is 0 Å². The van der Waals surface area contributed by atoms with E-state index in [0.29, 0.717) is 0 Å². The molecule has 0 aliphatic rings. The molecule has 0 rings (SSSR count). The smallest absolute Gasteiger partial charge is 0.460 e. The van der Waals surface area contributed by atoms with E-state index in [1.165, 1.54) is 7.11 Å². The summed E-state index contributed by atoms with van der Waals surface area (Å²) in [6, 6.07) is 0. The third kappa shape index (κ3) is 12.5. The number of alkyl halides is 3. The lowest BCUT2D eigenvalue weighted by molar-refractivity contribution is -0.161. The predicted molar refractivity (Wildman–Crippen MR) is 135 cm³/mol. The van der Waals surface area contributed by atoms with Crippen LogP contribution < -0.4 is 0 Å². The summed E-state index contributed by atoms with van der Waals surface area (Å²) in [4.78, 5) is 38.0. The molecule has 0 aromatic rings. The summed E-state index contributed by atoms with van der Waals surface area (Å²) in [6.45, 7) is 11.4. The van der Waals surface area contributed by atoms with Gasteiger partial charge in [0, 0.05) is 19.4 Å². The molecule has 0 bridgehead atoms. The van der Waals surface area contributed by atoms with Crippen LogP contribution in [0.2, 0.25) is 0 Å². The summed E-state index contributed by atoms with van der Waals surface area (Å²) in [5.74, 6) is 0.531. The van der Waals surface area contributed by atoms with Crippen molar-refractivity contribution in [3.63, 3.8) is 0 Å². The van der Waals surface area contributed by atoms with Crippen LogP contribution in [0, 0.1) is 29.6 Å². The molecule has 0 heterocycles. The molecular weight excluding hydrogens is 507 g/mol.